The Labute approximate surface area is 114 Å². The van der Waals surface area contributed by atoms with Crippen molar-refractivity contribution in [3.63, 3.8) is 0 Å². The lowest BCUT2D eigenvalue weighted by Crippen LogP contribution is -2.10. The van der Waals surface area contributed by atoms with Gasteiger partial charge in [0, 0.05) is 6.54 Å². The van der Waals surface area contributed by atoms with Crippen molar-refractivity contribution >= 4 is 5.95 Å². The number of allylic oxidation sites excluding steroid dienone is 1. The fourth-order valence-corrected chi connectivity index (χ4v) is 1.20. The van der Waals surface area contributed by atoms with Crippen molar-refractivity contribution in [1.82, 2.24) is 15.0 Å². The molecule has 1 N–H and O–H groups in total. The molecule has 0 spiro atoms. The normalized spacial score (nSPS) is 10.7. The van der Waals surface area contributed by atoms with Gasteiger partial charge in [-0.15, -0.1) is 4.98 Å². The molecule has 6 nitrogen and oxygen atoms in total. The van der Waals surface area contributed by atoms with Crippen LogP contribution in [0, 0.1) is 0 Å². The zero-order valence-electron chi connectivity index (χ0n) is 11.8. The minimum absolute atomic E-state index is 0.276. The summed E-state index contributed by atoms with van der Waals surface area (Å²) in [4.78, 5) is 12.5. The number of nitrogens with zero attached hydrogens (tertiary/aromatic N) is 3. The third-order valence-electron chi connectivity index (χ3n) is 2.11. The number of rotatable bonds is 9. The molecule has 0 unspecified atom stereocenters. The van der Waals surface area contributed by atoms with E-state index in [0.717, 1.165) is 19.4 Å². The zero-order chi connectivity index (χ0) is 13.9. The molecule has 0 amide bonds. The molecule has 0 atom stereocenters. The first-order valence-electron chi connectivity index (χ1n) is 6.66. The SMILES string of the molecule is C/C=C/COc1nc(NCCC)nc(OCCC)n1. The minimum atomic E-state index is 0.276. The molecule has 0 aliphatic carbocycles. The topological polar surface area (TPSA) is 69.2 Å². The van der Waals surface area contributed by atoms with E-state index in [1.54, 1.807) is 0 Å². The molecule has 0 aliphatic rings. The first-order chi connectivity index (χ1) is 9.30. The molecule has 0 aliphatic heterocycles. The highest BCUT2D eigenvalue weighted by Crippen LogP contribution is 2.13. The van der Waals surface area contributed by atoms with Crippen LogP contribution < -0.4 is 14.8 Å². The van der Waals surface area contributed by atoms with Crippen molar-refractivity contribution in [1.29, 1.82) is 0 Å². The molecule has 1 aromatic rings. The monoisotopic (exact) mass is 266 g/mol. The van der Waals surface area contributed by atoms with Crippen LogP contribution >= 0.6 is 0 Å². The van der Waals surface area contributed by atoms with Gasteiger partial charge in [-0.05, 0) is 19.8 Å². The Morgan fingerprint density at radius 2 is 1.79 bits per heavy atom. The van der Waals surface area contributed by atoms with Crippen LogP contribution in [-0.4, -0.2) is 34.7 Å². The summed E-state index contributed by atoms with van der Waals surface area (Å²) in [5.41, 5.74) is 0. The van der Waals surface area contributed by atoms with E-state index >= 15 is 0 Å². The highest BCUT2D eigenvalue weighted by molar-refractivity contribution is 5.27. The average Bonchev–Trinajstić information content (AvgIpc) is 2.43. The van der Waals surface area contributed by atoms with E-state index < -0.39 is 0 Å². The van der Waals surface area contributed by atoms with Gasteiger partial charge in [0.25, 0.3) is 0 Å². The van der Waals surface area contributed by atoms with Crippen LogP contribution in [0.1, 0.15) is 33.6 Å². The van der Waals surface area contributed by atoms with Gasteiger partial charge < -0.3 is 14.8 Å². The van der Waals surface area contributed by atoms with Gasteiger partial charge in [0.15, 0.2) is 0 Å². The van der Waals surface area contributed by atoms with E-state index in [1.165, 1.54) is 0 Å². The Morgan fingerprint density at radius 3 is 2.42 bits per heavy atom. The van der Waals surface area contributed by atoms with Gasteiger partial charge in [0.05, 0.1) is 6.61 Å². The van der Waals surface area contributed by atoms with Gasteiger partial charge in [0.1, 0.15) is 6.61 Å². The molecule has 106 valence electrons. The lowest BCUT2D eigenvalue weighted by molar-refractivity contribution is 0.275. The number of anilines is 1. The summed E-state index contributed by atoms with van der Waals surface area (Å²) < 4.78 is 10.8. The molecule has 1 heterocycles. The Morgan fingerprint density at radius 1 is 1.05 bits per heavy atom. The largest absolute Gasteiger partial charge is 0.463 e. The maximum Gasteiger partial charge on any atom is 0.324 e. The van der Waals surface area contributed by atoms with Crippen molar-refractivity contribution in [2.45, 2.75) is 33.6 Å². The predicted octanol–water partition coefficient (Wildman–Crippen LogP) is 2.44. The first kappa shape index (κ1) is 15.2. The molecule has 1 rings (SSSR count). The summed E-state index contributed by atoms with van der Waals surface area (Å²) in [5, 5.41) is 3.10. The molecule has 19 heavy (non-hydrogen) atoms. The number of aromatic nitrogens is 3. The van der Waals surface area contributed by atoms with E-state index in [4.69, 9.17) is 9.47 Å². The molecule has 0 fully saturated rings. The summed E-state index contributed by atoms with van der Waals surface area (Å²) in [5.74, 6) is 0.485. The van der Waals surface area contributed by atoms with E-state index in [1.807, 2.05) is 26.0 Å². The second kappa shape index (κ2) is 9.13. The Bertz CT molecular complexity index is 370. The zero-order valence-corrected chi connectivity index (χ0v) is 11.8. The van der Waals surface area contributed by atoms with Crippen LogP contribution in [0.3, 0.4) is 0 Å². The fourth-order valence-electron chi connectivity index (χ4n) is 1.20. The minimum Gasteiger partial charge on any atom is -0.463 e. The van der Waals surface area contributed by atoms with Crippen LogP contribution in [0.2, 0.25) is 0 Å². The summed E-state index contributed by atoms with van der Waals surface area (Å²) in [6.07, 6.45) is 5.69. The maximum absolute atomic E-state index is 5.42. The standard InChI is InChI=1S/C13H22N4O2/c1-4-7-10-19-13-16-11(14-8-5-2)15-12(17-13)18-9-6-3/h4,7H,5-6,8-10H2,1-3H3,(H,14,15,16,17)/b7-4+. The Kier molecular flexibility index (Phi) is 7.31. The highest BCUT2D eigenvalue weighted by atomic mass is 16.5. The van der Waals surface area contributed by atoms with E-state index in [9.17, 15) is 0 Å². The molecular formula is C13H22N4O2. The average molecular weight is 266 g/mol. The molecule has 0 radical (unpaired) electrons. The summed E-state index contributed by atoms with van der Waals surface area (Å²) in [6.45, 7) is 7.84. The van der Waals surface area contributed by atoms with Gasteiger partial charge in [0.2, 0.25) is 5.95 Å². The molecular weight excluding hydrogens is 244 g/mol. The van der Waals surface area contributed by atoms with Crippen LogP contribution in [0.25, 0.3) is 0 Å². The number of hydrogen-bond donors (Lipinski definition) is 1. The molecule has 0 bridgehead atoms. The number of ether oxygens (including phenoxy) is 2. The van der Waals surface area contributed by atoms with Crippen molar-refractivity contribution in [3.05, 3.63) is 12.2 Å². The van der Waals surface area contributed by atoms with Crippen LogP contribution in [0.5, 0.6) is 12.0 Å². The first-order valence-corrected chi connectivity index (χ1v) is 6.66. The lowest BCUT2D eigenvalue weighted by Gasteiger charge is -2.08. The lowest BCUT2D eigenvalue weighted by atomic mass is 10.5. The van der Waals surface area contributed by atoms with Crippen molar-refractivity contribution in [3.8, 4) is 12.0 Å². The van der Waals surface area contributed by atoms with Gasteiger partial charge in [-0.2, -0.15) is 9.97 Å². The third kappa shape index (κ3) is 6.03. The summed E-state index contributed by atoms with van der Waals surface area (Å²) in [7, 11) is 0. The van der Waals surface area contributed by atoms with Gasteiger partial charge >= 0.3 is 12.0 Å². The summed E-state index contributed by atoms with van der Waals surface area (Å²) in [6, 6.07) is 0.573. The van der Waals surface area contributed by atoms with Gasteiger partial charge in [-0.1, -0.05) is 26.0 Å². The van der Waals surface area contributed by atoms with Crippen molar-refractivity contribution in [2.75, 3.05) is 25.1 Å². The van der Waals surface area contributed by atoms with Crippen LogP contribution in [-0.2, 0) is 0 Å². The van der Waals surface area contributed by atoms with E-state index in [-0.39, 0.29) is 6.01 Å². The summed E-state index contributed by atoms with van der Waals surface area (Å²) >= 11 is 0. The van der Waals surface area contributed by atoms with Gasteiger partial charge in [-0.25, -0.2) is 0 Å². The molecule has 1 aromatic heterocycles. The van der Waals surface area contributed by atoms with Gasteiger partial charge in [-0.3, -0.25) is 0 Å². The number of nitrogens with one attached hydrogen (secondary N) is 1. The van der Waals surface area contributed by atoms with Crippen molar-refractivity contribution < 1.29 is 9.47 Å². The second-order valence-electron chi connectivity index (χ2n) is 3.88. The van der Waals surface area contributed by atoms with E-state index in [2.05, 4.69) is 27.2 Å². The highest BCUT2D eigenvalue weighted by Gasteiger charge is 2.07. The predicted molar refractivity (Wildman–Crippen MR) is 74.7 cm³/mol. The third-order valence-corrected chi connectivity index (χ3v) is 2.11. The molecule has 0 saturated heterocycles. The second-order valence-corrected chi connectivity index (χ2v) is 3.88. The Hall–Kier alpha value is -1.85. The quantitative estimate of drug-likeness (QED) is 0.692. The Balaban J connectivity index is 2.75. The van der Waals surface area contributed by atoms with Crippen LogP contribution in [0.15, 0.2) is 12.2 Å². The smallest absolute Gasteiger partial charge is 0.324 e. The molecule has 0 saturated carbocycles. The number of hydrogen-bond acceptors (Lipinski definition) is 6. The van der Waals surface area contributed by atoms with E-state index in [0.29, 0.717) is 25.2 Å². The molecule has 6 heteroatoms. The molecule has 0 aromatic carbocycles. The maximum atomic E-state index is 5.42. The fraction of sp³-hybridized carbons (Fsp3) is 0.615. The van der Waals surface area contributed by atoms with Crippen LogP contribution in [0.4, 0.5) is 5.95 Å². The van der Waals surface area contributed by atoms with Crippen molar-refractivity contribution in [2.24, 2.45) is 0 Å².